The molecular formula is C5H8NOP. The van der Waals surface area contributed by atoms with Crippen LogP contribution in [0.4, 0.5) is 0 Å². The molecule has 3 heteroatoms. The van der Waals surface area contributed by atoms with Crippen LogP contribution in [0.3, 0.4) is 0 Å². The molecule has 1 rings (SSSR count). The highest BCUT2D eigenvalue weighted by Crippen LogP contribution is 2.00. The average Bonchev–Trinajstić information content (AvgIpc) is 1.98. The van der Waals surface area contributed by atoms with Crippen molar-refractivity contribution in [3.05, 3.63) is 11.5 Å². The van der Waals surface area contributed by atoms with Crippen LogP contribution in [-0.2, 0) is 0 Å². The fourth-order valence-corrected chi connectivity index (χ4v) is 0.595. The number of hydrogen-bond acceptors (Lipinski definition) is 2. The van der Waals surface area contributed by atoms with Crippen molar-refractivity contribution in [2.45, 2.75) is 13.8 Å². The smallest absolute Gasteiger partial charge is 0.141 e. The minimum absolute atomic E-state index is 0.882. The van der Waals surface area contributed by atoms with E-state index in [1.807, 2.05) is 13.8 Å². The van der Waals surface area contributed by atoms with E-state index in [0.717, 1.165) is 16.8 Å². The molecule has 1 heterocycles. The first-order chi connectivity index (χ1) is 3.72. The third-order valence-corrected chi connectivity index (χ3v) is 1.91. The molecule has 0 saturated carbocycles. The van der Waals surface area contributed by atoms with E-state index in [9.17, 15) is 0 Å². The van der Waals surface area contributed by atoms with Crippen molar-refractivity contribution < 1.29 is 4.52 Å². The molecule has 0 spiro atoms. The van der Waals surface area contributed by atoms with Crippen LogP contribution in [0, 0.1) is 13.8 Å². The maximum absolute atomic E-state index is 4.82. The first kappa shape index (κ1) is 5.77. The molecule has 44 valence electrons. The Bertz CT molecular complexity index is 175. The molecule has 1 aromatic rings. The lowest BCUT2D eigenvalue weighted by Crippen LogP contribution is -1.92. The van der Waals surface area contributed by atoms with Gasteiger partial charge in [0.05, 0.1) is 5.69 Å². The predicted octanol–water partition coefficient (Wildman–Crippen LogP) is 0.792. The van der Waals surface area contributed by atoms with Gasteiger partial charge in [-0.3, -0.25) is 0 Å². The van der Waals surface area contributed by atoms with E-state index < -0.39 is 0 Å². The summed E-state index contributed by atoms with van der Waals surface area (Å²) in [4.78, 5) is 0. The van der Waals surface area contributed by atoms with Gasteiger partial charge >= 0.3 is 0 Å². The zero-order valence-electron chi connectivity index (χ0n) is 4.93. The molecule has 2 nitrogen and oxygen atoms in total. The predicted molar refractivity (Wildman–Crippen MR) is 35.3 cm³/mol. The van der Waals surface area contributed by atoms with Crippen LogP contribution in [0.1, 0.15) is 11.5 Å². The monoisotopic (exact) mass is 129 g/mol. The Labute approximate surface area is 50.5 Å². The minimum Gasteiger partial charge on any atom is -0.361 e. The minimum atomic E-state index is 0.882. The molecule has 0 radical (unpaired) electrons. The Morgan fingerprint density at radius 3 is 2.25 bits per heavy atom. The molecule has 1 aromatic heterocycles. The standard InChI is InChI=1S/C5H8NOP/c1-3-5(8)4(2)7-6-3/h8H2,1-2H3. The van der Waals surface area contributed by atoms with Crippen molar-refractivity contribution in [3.8, 4) is 0 Å². The fraction of sp³-hybridized carbons (Fsp3) is 0.400. The van der Waals surface area contributed by atoms with E-state index in [2.05, 4.69) is 14.4 Å². The van der Waals surface area contributed by atoms with Crippen LogP contribution in [0.5, 0.6) is 0 Å². The van der Waals surface area contributed by atoms with Crippen molar-refractivity contribution in [1.82, 2.24) is 5.16 Å². The highest BCUT2D eigenvalue weighted by atomic mass is 31.0. The van der Waals surface area contributed by atoms with Crippen molar-refractivity contribution in [1.29, 1.82) is 0 Å². The van der Waals surface area contributed by atoms with Crippen molar-refractivity contribution in [2.24, 2.45) is 0 Å². The van der Waals surface area contributed by atoms with E-state index in [1.54, 1.807) is 0 Å². The molecule has 0 fully saturated rings. The van der Waals surface area contributed by atoms with Crippen LogP contribution in [-0.4, -0.2) is 5.16 Å². The van der Waals surface area contributed by atoms with E-state index in [0.29, 0.717) is 0 Å². The summed E-state index contributed by atoms with van der Waals surface area (Å²) in [5, 5.41) is 4.79. The normalized spacial score (nSPS) is 9.88. The molecule has 0 aliphatic rings. The van der Waals surface area contributed by atoms with Gasteiger partial charge in [0.25, 0.3) is 0 Å². The zero-order chi connectivity index (χ0) is 6.15. The Balaban J connectivity index is 3.19. The maximum atomic E-state index is 4.82. The van der Waals surface area contributed by atoms with Gasteiger partial charge in [-0.1, -0.05) is 14.4 Å². The van der Waals surface area contributed by atoms with Gasteiger partial charge in [0, 0.05) is 5.30 Å². The van der Waals surface area contributed by atoms with Gasteiger partial charge in [-0.25, -0.2) is 0 Å². The lowest BCUT2D eigenvalue weighted by molar-refractivity contribution is 0.394. The molecule has 8 heavy (non-hydrogen) atoms. The molecule has 1 unspecified atom stereocenters. The number of rotatable bonds is 0. The summed E-state index contributed by atoms with van der Waals surface area (Å²) in [6, 6.07) is 0. The molecule has 0 N–H and O–H groups in total. The first-order valence-corrected chi connectivity index (χ1v) is 2.98. The molecule has 0 aliphatic carbocycles. The Kier molecular flexibility index (Phi) is 1.35. The van der Waals surface area contributed by atoms with Gasteiger partial charge < -0.3 is 4.52 Å². The van der Waals surface area contributed by atoms with E-state index in [-0.39, 0.29) is 0 Å². The Morgan fingerprint density at radius 2 is 2.12 bits per heavy atom. The number of hydrogen-bond donors (Lipinski definition) is 0. The molecule has 0 aliphatic heterocycles. The summed E-state index contributed by atoms with van der Waals surface area (Å²) in [6.45, 7) is 3.81. The van der Waals surface area contributed by atoms with Gasteiger partial charge in [0.2, 0.25) is 0 Å². The Hall–Kier alpha value is -0.360. The van der Waals surface area contributed by atoms with Crippen LogP contribution in [0.15, 0.2) is 4.52 Å². The average molecular weight is 129 g/mol. The second kappa shape index (κ2) is 1.87. The highest BCUT2D eigenvalue weighted by Gasteiger charge is 2.00. The second-order valence-corrected chi connectivity index (χ2v) is 2.32. The lowest BCUT2D eigenvalue weighted by Gasteiger charge is -1.80. The highest BCUT2D eigenvalue weighted by molar-refractivity contribution is 7.27. The van der Waals surface area contributed by atoms with Crippen LogP contribution in [0.2, 0.25) is 0 Å². The maximum Gasteiger partial charge on any atom is 0.141 e. The lowest BCUT2D eigenvalue weighted by atomic mass is 10.4. The molecule has 0 amide bonds. The number of aryl methyl sites for hydroxylation is 2. The fourth-order valence-electron chi connectivity index (χ4n) is 0.490. The van der Waals surface area contributed by atoms with Crippen molar-refractivity contribution >= 4 is 14.5 Å². The largest absolute Gasteiger partial charge is 0.361 e. The summed E-state index contributed by atoms with van der Waals surface area (Å²) in [7, 11) is 2.58. The van der Waals surface area contributed by atoms with Gasteiger partial charge in [-0.15, -0.1) is 0 Å². The van der Waals surface area contributed by atoms with Crippen LogP contribution in [0.25, 0.3) is 0 Å². The summed E-state index contributed by atoms with van der Waals surface area (Å²) in [5.41, 5.74) is 0.951. The first-order valence-electron chi connectivity index (χ1n) is 2.40. The van der Waals surface area contributed by atoms with Crippen LogP contribution >= 0.6 is 9.24 Å². The van der Waals surface area contributed by atoms with Crippen LogP contribution < -0.4 is 5.30 Å². The quantitative estimate of drug-likeness (QED) is 0.484. The molecule has 0 bridgehead atoms. The van der Waals surface area contributed by atoms with Gasteiger partial charge in [-0.05, 0) is 13.8 Å². The van der Waals surface area contributed by atoms with Crippen molar-refractivity contribution in [2.75, 3.05) is 0 Å². The third-order valence-electron chi connectivity index (χ3n) is 1.09. The summed E-state index contributed by atoms with van der Waals surface area (Å²) >= 11 is 0. The Morgan fingerprint density at radius 1 is 1.50 bits per heavy atom. The van der Waals surface area contributed by atoms with Gasteiger partial charge in [0.1, 0.15) is 5.76 Å². The van der Waals surface area contributed by atoms with E-state index in [4.69, 9.17) is 4.52 Å². The van der Waals surface area contributed by atoms with Crippen molar-refractivity contribution in [3.63, 3.8) is 0 Å². The number of nitrogens with zero attached hydrogens (tertiary/aromatic N) is 1. The van der Waals surface area contributed by atoms with E-state index >= 15 is 0 Å². The molecular weight excluding hydrogens is 121 g/mol. The van der Waals surface area contributed by atoms with Gasteiger partial charge in [0.15, 0.2) is 0 Å². The van der Waals surface area contributed by atoms with E-state index in [1.165, 1.54) is 0 Å². The summed E-state index contributed by atoms with van der Waals surface area (Å²) in [6.07, 6.45) is 0. The summed E-state index contributed by atoms with van der Waals surface area (Å²) in [5.74, 6) is 0.882. The molecule has 0 aromatic carbocycles. The topological polar surface area (TPSA) is 26.0 Å². The SMILES string of the molecule is Cc1noc(C)c1P. The summed E-state index contributed by atoms with van der Waals surface area (Å²) < 4.78 is 4.82. The third kappa shape index (κ3) is 0.760. The van der Waals surface area contributed by atoms with Gasteiger partial charge in [-0.2, -0.15) is 0 Å². The molecule has 0 saturated heterocycles. The molecule has 1 atom stereocenters. The zero-order valence-corrected chi connectivity index (χ0v) is 6.09. The number of aromatic nitrogens is 1. The second-order valence-electron chi connectivity index (χ2n) is 1.74.